The van der Waals surface area contributed by atoms with Gasteiger partial charge in [0.1, 0.15) is 0 Å². The minimum absolute atomic E-state index is 0. The van der Waals surface area contributed by atoms with Gasteiger partial charge in [-0.05, 0) is 18.6 Å². The van der Waals surface area contributed by atoms with Crippen molar-refractivity contribution in [2.24, 2.45) is 0 Å². The van der Waals surface area contributed by atoms with Crippen LogP contribution in [0, 0.1) is 0 Å². The van der Waals surface area contributed by atoms with Crippen molar-refractivity contribution >= 4 is 24.0 Å². The van der Waals surface area contributed by atoms with Gasteiger partial charge in [-0.15, -0.1) is 12.4 Å². The van der Waals surface area contributed by atoms with Gasteiger partial charge in [-0.25, -0.2) is 0 Å². The van der Waals surface area contributed by atoms with Gasteiger partial charge in [0.2, 0.25) is 11.7 Å². The summed E-state index contributed by atoms with van der Waals surface area (Å²) >= 11 is 6.07. The van der Waals surface area contributed by atoms with Gasteiger partial charge in [-0.2, -0.15) is 4.98 Å². The van der Waals surface area contributed by atoms with Gasteiger partial charge in [0.25, 0.3) is 0 Å². The zero-order valence-electron chi connectivity index (χ0n) is 9.91. The van der Waals surface area contributed by atoms with E-state index in [4.69, 9.17) is 16.1 Å². The molecule has 0 unspecified atom stereocenters. The minimum Gasteiger partial charge on any atom is -0.392 e. The van der Waals surface area contributed by atoms with Gasteiger partial charge < -0.3 is 14.9 Å². The fraction of sp³-hybridized carbons (Fsp3) is 0.333. The number of benzene rings is 1. The molecule has 102 valence electrons. The van der Waals surface area contributed by atoms with Gasteiger partial charge in [0, 0.05) is 12.1 Å². The molecule has 2 heterocycles. The van der Waals surface area contributed by atoms with E-state index in [-0.39, 0.29) is 24.6 Å². The summed E-state index contributed by atoms with van der Waals surface area (Å²) in [6.07, 6.45) is 0.232. The standard InChI is InChI=1S/C12H12ClN3O2.ClH/c13-9-4-2-1-3-8(9)11-15-12(18-16-11)10-5-7(17)6-14-10;/h1-4,7,10,14,17H,5-6H2;1H/t7-,10-;/m1./s1. The van der Waals surface area contributed by atoms with Crippen molar-refractivity contribution in [2.45, 2.75) is 18.6 Å². The van der Waals surface area contributed by atoms with Crippen LogP contribution in [0.5, 0.6) is 0 Å². The Morgan fingerprint density at radius 1 is 1.37 bits per heavy atom. The van der Waals surface area contributed by atoms with Gasteiger partial charge in [0.15, 0.2) is 0 Å². The molecule has 7 heteroatoms. The van der Waals surface area contributed by atoms with E-state index in [0.29, 0.717) is 29.7 Å². The zero-order chi connectivity index (χ0) is 12.5. The second kappa shape index (κ2) is 5.88. The molecule has 1 fully saturated rings. The zero-order valence-corrected chi connectivity index (χ0v) is 11.5. The maximum absolute atomic E-state index is 9.46. The van der Waals surface area contributed by atoms with Crippen molar-refractivity contribution in [3.63, 3.8) is 0 Å². The molecule has 19 heavy (non-hydrogen) atoms. The first kappa shape index (κ1) is 14.3. The molecule has 2 aromatic rings. The van der Waals surface area contributed by atoms with Crippen LogP contribution < -0.4 is 5.32 Å². The Bertz CT molecular complexity index is 561. The summed E-state index contributed by atoms with van der Waals surface area (Å²) in [5, 5.41) is 17.1. The lowest BCUT2D eigenvalue weighted by atomic mass is 10.2. The van der Waals surface area contributed by atoms with Crippen LogP contribution in [-0.4, -0.2) is 27.9 Å². The van der Waals surface area contributed by atoms with E-state index >= 15 is 0 Å². The first-order chi connectivity index (χ1) is 8.74. The molecule has 0 saturated carbocycles. The number of halogens is 2. The predicted octanol–water partition coefficient (Wildman–Crippen LogP) is 2.21. The maximum Gasteiger partial charge on any atom is 0.244 e. The summed E-state index contributed by atoms with van der Waals surface area (Å²) < 4.78 is 5.21. The lowest BCUT2D eigenvalue weighted by molar-refractivity contribution is 0.191. The van der Waals surface area contributed by atoms with Crippen LogP contribution in [0.2, 0.25) is 5.02 Å². The Labute approximate surface area is 121 Å². The Kier molecular flexibility index (Phi) is 4.42. The maximum atomic E-state index is 9.46. The number of β-amino-alcohol motifs (C(OH)–C–C–N with tert-alkyl or cyclic N) is 1. The van der Waals surface area contributed by atoms with E-state index in [1.165, 1.54) is 0 Å². The highest BCUT2D eigenvalue weighted by molar-refractivity contribution is 6.33. The summed E-state index contributed by atoms with van der Waals surface area (Å²) in [6.45, 7) is 0.550. The number of aliphatic hydroxyl groups excluding tert-OH is 1. The van der Waals surface area contributed by atoms with Crippen molar-refractivity contribution < 1.29 is 9.63 Å². The quantitative estimate of drug-likeness (QED) is 0.890. The van der Waals surface area contributed by atoms with E-state index < -0.39 is 0 Å². The van der Waals surface area contributed by atoms with E-state index in [1.807, 2.05) is 18.2 Å². The van der Waals surface area contributed by atoms with Crippen molar-refractivity contribution in [1.82, 2.24) is 15.5 Å². The summed E-state index contributed by atoms with van der Waals surface area (Å²) in [5.74, 6) is 0.959. The number of hydrogen-bond acceptors (Lipinski definition) is 5. The molecule has 1 aliphatic rings. The second-order valence-corrected chi connectivity index (χ2v) is 4.69. The SMILES string of the molecule is Cl.O[C@H]1CN[C@@H](c2nc(-c3ccccc3Cl)no2)C1. The summed E-state index contributed by atoms with van der Waals surface area (Å²) in [7, 11) is 0. The Balaban J connectivity index is 0.00000133. The smallest absolute Gasteiger partial charge is 0.244 e. The molecule has 0 radical (unpaired) electrons. The summed E-state index contributed by atoms with van der Waals surface area (Å²) in [4.78, 5) is 4.32. The molecule has 1 aliphatic heterocycles. The van der Waals surface area contributed by atoms with Crippen LogP contribution in [0.3, 0.4) is 0 Å². The molecule has 1 saturated heterocycles. The minimum atomic E-state index is -0.356. The summed E-state index contributed by atoms with van der Waals surface area (Å²) in [6, 6.07) is 7.26. The fourth-order valence-corrected chi connectivity index (χ4v) is 2.25. The molecule has 0 amide bonds. The largest absolute Gasteiger partial charge is 0.392 e. The Morgan fingerprint density at radius 3 is 2.84 bits per heavy atom. The number of aliphatic hydroxyl groups is 1. The predicted molar refractivity (Wildman–Crippen MR) is 73.4 cm³/mol. The van der Waals surface area contributed by atoms with E-state index in [1.54, 1.807) is 6.07 Å². The molecular formula is C12H13Cl2N3O2. The second-order valence-electron chi connectivity index (χ2n) is 4.29. The van der Waals surface area contributed by atoms with Crippen LogP contribution in [-0.2, 0) is 0 Å². The van der Waals surface area contributed by atoms with Crippen molar-refractivity contribution in [1.29, 1.82) is 0 Å². The molecule has 5 nitrogen and oxygen atoms in total. The number of hydrogen-bond donors (Lipinski definition) is 2. The van der Waals surface area contributed by atoms with E-state index in [9.17, 15) is 5.11 Å². The third kappa shape index (κ3) is 2.90. The fourth-order valence-electron chi connectivity index (χ4n) is 2.03. The van der Waals surface area contributed by atoms with Crippen molar-refractivity contribution in [2.75, 3.05) is 6.54 Å². The topological polar surface area (TPSA) is 71.2 Å². The Morgan fingerprint density at radius 2 is 2.16 bits per heavy atom. The van der Waals surface area contributed by atoms with Crippen LogP contribution in [0.15, 0.2) is 28.8 Å². The number of nitrogens with one attached hydrogen (secondary N) is 1. The van der Waals surface area contributed by atoms with Gasteiger partial charge in [0.05, 0.1) is 17.2 Å². The average molecular weight is 302 g/mol. The lowest BCUT2D eigenvalue weighted by Crippen LogP contribution is -2.15. The third-order valence-corrected chi connectivity index (χ3v) is 3.29. The number of aromatic nitrogens is 2. The molecular weight excluding hydrogens is 289 g/mol. The first-order valence-corrected chi connectivity index (χ1v) is 6.12. The number of nitrogens with zero attached hydrogens (tertiary/aromatic N) is 2. The molecule has 2 atom stereocenters. The highest BCUT2D eigenvalue weighted by Gasteiger charge is 2.28. The molecule has 1 aromatic heterocycles. The number of rotatable bonds is 2. The molecule has 1 aromatic carbocycles. The molecule has 0 spiro atoms. The highest BCUT2D eigenvalue weighted by atomic mass is 35.5. The summed E-state index contributed by atoms with van der Waals surface area (Å²) in [5.41, 5.74) is 0.743. The molecule has 0 aliphatic carbocycles. The normalized spacial score (nSPS) is 22.2. The Hall–Kier alpha value is -1.14. The molecule has 0 bridgehead atoms. The van der Waals surface area contributed by atoms with Crippen LogP contribution in [0.4, 0.5) is 0 Å². The van der Waals surface area contributed by atoms with Crippen molar-refractivity contribution in [3.8, 4) is 11.4 Å². The van der Waals surface area contributed by atoms with E-state index in [2.05, 4.69) is 15.5 Å². The highest BCUT2D eigenvalue weighted by Crippen LogP contribution is 2.28. The van der Waals surface area contributed by atoms with Crippen LogP contribution >= 0.6 is 24.0 Å². The monoisotopic (exact) mass is 301 g/mol. The van der Waals surface area contributed by atoms with Crippen LogP contribution in [0.1, 0.15) is 18.4 Å². The lowest BCUT2D eigenvalue weighted by Gasteiger charge is -2.01. The third-order valence-electron chi connectivity index (χ3n) is 2.96. The van der Waals surface area contributed by atoms with Crippen LogP contribution in [0.25, 0.3) is 11.4 Å². The first-order valence-electron chi connectivity index (χ1n) is 5.74. The van der Waals surface area contributed by atoms with Gasteiger partial charge >= 0.3 is 0 Å². The average Bonchev–Trinajstić information content (AvgIpc) is 2.98. The molecule has 3 rings (SSSR count). The van der Waals surface area contributed by atoms with Gasteiger partial charge in [-0.3, -0.25) is 0 Å². The molecule has 2 N–H and O–H groups in total. The van der Waals surface area contributed by atoms with Crippen molar-refractivity contribution in [3.05, 3.63) is 35.2 Å². The van der Waals surface area contributed by atoms with Gasteiger partial charge in [-0.1, -0.05) is 28.9 Å². The van der Waals surface area contributed by atoms with E-state index in [0.717, 1.165) is 5.56 Å².